The van der Waals surface area contributed by atoms with Gasteiger partial charge in [-0.25, -0.2) is 56.8 Å². The lowest BCUT2D eigenvalue weighted by Gasteiger charge is -2.29. The van der Waals surface area contributed by atoms with E-state index >= 15 is 0 Å². The minimum Gasteiger partial charge on any atom is -0.442 e. The largest absolute Gasteiger partial charge is 0.485 e. The van der Waals surface area contributed by atoms with Gasteiger partial charge in [0.15, 0.2) is 35.4 Å². The van der Waals surface area contributed by atoms with E-state index in [9.17, 15) is 62.8 Å². The lowest BCUT2D eigenvalue weighted by molar-refractivity contribution is -0.0503. The molecule has 37 heteroatoms. The number of nitrogens with two attached hydrogens (primary N) is 2. The first kappa shape index (κ1) is 43.8. The molecule has 0 amide bonds. The van der Waals surface area contributed by atoms with Crippen molar-refractivity contribution in [2.75, 3.05) is 24.7 Å². The number of nitrogens with zero attached hydrogens (tertiary/aromatic N) is 8. The summed E-state index contributed by atoms with van der Waals surface area (Å²) in [6.07, 6.45) is -8.84. The van der Waals surface area contributed by atoms with Crippen molar-refractivity contribution >= 4 is 80.3 Å². The highest BCUT2D eigenvalue weighted by molar-refractivity contribution is 7.87. The van der Waals surface area contributed by atoms with Crippen molar-refractivity contribution in [3.05, 3.63) is 25.3 Å². The number of imidazole rings is 2. The first-order valence-corrected chi connectivity index (χ1v) is 22.7. The van der Waals surface area contributed by atoms with Crippen molar-refractivity contribution < 1.29 is 98.6 Å². The summed E-state index contributed by atoms with van der Waals surface area (Å²) in [5.41, 5.74) is 11.8. The van der Waals surface area contributed by atoms with Crippen LogP contribution in [-0.2, 0) is 58.6 Å². The molecule has 0 aromatic carbocycles. The minimum atomic E-state index is -6.21. The van der Waals surface area contributed by atoms with E-state index in [1.165, 1.54) is 0 Å². The van der Waals surface area contributed by atoms with Gasteiger partial charge in [0.1, 0.15) is 60.3 Å². The Balaban J connectivity index is 1.00. The van der Waals surface area contributed by atoms with Crippen LogP contribution in [0.2, 0.25) is 0 Å². The molecule has 12 atom stereocenters. The fraction of sp³-hybridized carbons (Fsp3) is 0.500. The summed E-state index contributed by atoms with van der Waals surface area (Å²) in [6, 6.07) is 0. The Kier molecular flexibility index (Phi) is 12.3. The fourth-order valence-corrected chi connectivity index (χ4v) is 11.9. The first-order valence-electron chi connectivity index (χ1n) is 15.1. The van der Waals surface area contributed by atoms with Crippen LogP contribution >= 0.6 is 38.8 Å². The van der Waals surface area contributed by atoms with Gasteiger partial charge in [-0.3, -0.25) is 18.2 Å². The summed E-state index contributed by atoms with van der Waals surface area (Å²) in [5.74, 6) is -0.0592. The molecular weight excluding hydrogens is 882 g/mol. The smallest absolute Gasteiger partial charge is 0.442 e. The Morgan fingerprint density at radius 3 is 1.33 bits per heavy atom. The lowest BCUT2D eigenvalue weighted by Crippen LogP contribution is -2.33. The van der Waals surface area contributed by atoms with Crippen LogP contribution in [0.25, 0.3) is 22.3 Å². The third kappa shape index (κ3) is 9.85. The number of hydrogen-bond donors (Lipinski definition) is 10. The Morgan fingerprint density at radius 1 is 0.596 bits per heavy atom. The number of rotatable bonds is 16. The molecule has 57 heavy (non-hydrogen) atoms. The average Bonchev–Trinajstić information content (AvgIpc) is 3.83. The summed E-state index contributed by atoms with van der Waals surface area (Å²) in [5, 5.41) is 41.8. The predicted octanol–water partition coefficient (Wildman–Crippen LogP) is -2.15. The Morgan fingerprint density at radius 2 is 0.965 bits per heavy atom. The van der Waals surface area contributed by atoms with E-state index in [0.29, 0.717) is 0 Å². The number of aliphatic hydroxyl groups is 4. The molecule has 2 fully saturated rings. The van der Waals surface area contributed by atoms with Crippen LogP contribution < -0.4 is 11.5 Å². The topological polar surface area (TPSA) is 460 Å². The van der Waals surface area contributed by atoms with Crippen LogP contribution in [0.3, 0.4) is 0 Å². The molecule has 4 aromatic rings. The van der Waals surface area contributed by atoms with Gasteiger partial charge in [-0.2, -0.15) is 8.62 Å². The van der Waals surface area contributed by atoms with Crippen LogP contribution in [-0.4, -0.2) is 136 Å². The maximum atomic E-state index is 12.5. The van der Waals surface area contributed by atoms with Crippen LogP contribution in [0.5, 0.6) is 0 Å². The molecule has 12 N–H and O–H groups in total. The van der Waals surface area contributed by atoms with Gasteiger partial charge >= 0.3 is 31.3 Å². The quantitative estimate of drug-likeness (QED) is 0.0423. The maximum Gasteiger partial charge on any atom is 0.485 e. The molecule has 0 bridgehead atoms. The molecular formula is C20H28BN10O21P5-. The van der Waals surface area contributed by atoms with E-state index < -0.39 is 101 Å². The number of phosphoric ester groups is 2. The van der Waals surface area contributed by atoms with E-state index in [0.717, 1.165) is 34.4 Å². The molecule has 3 radical (unpaired) electrons. The number of nitrogen functional groups attached to an aromatic ring is 2. The monoisotopic (exact) mass is 910 g/mol. The van der Waals surface area contributed by atoms with Crippen molar-refractivity contribution in [2.24, 2.45) is 0 Å². The van der Waals surface area contributed by atoms with Gasteiger partial charge in [-0.05, 0) is 0 Å². The molecule has 2 aliphatic rings. The van der Waals surface area contributed by atoms with Crippen LogP contribution in [0.15, 0.2) is 25.3 Å². The standard InChI is InChI=1S/C20H28BN10O21P5/c21-53(36,49-56(41,42)51-54(37,38)45-1-7-11(32)13(34)19(47-7)30-5-28-9-15(22)24-3-26-17(9)30)50-57(43,44)52-55(39,40)46-2-8-12(33)14(35)20(48-8)31-6-29-10-16(23)25-4-27-18(10)31/h3-8,11-14,19-20,32-35H,1-2H2,(H,37,38)(H,39,40)(H,41,42)(H,43,44)(H2,22,24,26)(H2,23,25,27)/q-1. The molecule has 6 rings (SSSR count). The van der Waals surface area contributed by atoms with Crippen molar-refractivity contribution in [2.45, 2.75) is 49.1 Å². The van der Waals surface area contributed by atoms with Crippen LogP contribution in [0, 0.1) is 0 Å². The number of aliphatic hydroxyl groups excluding tert-OH is 4. The number of ether oxygens (including phenoxy) is 2. The summed E-state index contributed by atoms with van der Waals surface area (Å²) in [4.78, 5) is 63.1. The molecule has 313 valence electrons. The zero-order chi connectivity index (χ0) is 41.9. The number of anilines is 2. The minimum absolute atomic E-state index is 0.0296. The van der Waals surface area contributed by atoms with Gasteiger partial charge < -0.3 is 73.1 Å². The summed E-state index contributed by atoms with van der Waals surface area (Å²) in [7, 11) is -25.0. The van der Waals surface area contributed by atoms with E-state index in [1.54, 1.807) is 0 Å². The molecule has 0 saturated carbocycles. The predicted molar refractivity (Wildman–Crippen MR) is 180 cm³/mol. The highest BCUT2D eigenvalue weighted by atomic mass is 31.3. The van der Waals surface area contributed by atoms with Crippen molar-refractivity contribution in [3.8, 4) is 0 Å². The SMILES string of the molecule is [B-]P(=O)(OP(=O)(O)OP(=O)(O)OCC1OC(n2cnc3c(N)ncnc32)C(O)C1O)OP(=O)(O)OP(=O)(O)OCC1OC(n2cnc3c(N)ncnc32)C(O)C1O. The third-order valence-electron chi connectivity index (χ3n) is 7.65. The second-order valence-electron chi connectivity index (χ2n) is 11.6. The molecule has 2 aliphatic heterocycles. The second kappa shape index (κ2) is 16.0. The molecule has 31 nitrogen and oxygen atoms in total. The number of phosphoric acid groups is 4. The highest BCUT2D eigenvalue weighted by Crippen LogP contribution is 2.73. The first-order chi connectivity index (χ1) is 26.4. The fourth-order valence-electron chi connectivity index (χ4n) is 5.28. The Bertz CT molecular complexity index is 2230. The molecule has 0 aliphatic carbocycles. The van der Waals surface area contributed by atoms with Crippen LogP contribution in [0.1, 0.15) is 12.5 Å². The van der Waals surface area contributed by atoms with Gasteiger partial charge in [0, 0.05) is 0 Å². The van der Waals surface area contributed by atoms with E-state index in [-0.39, 0.29) is 34.0 Å². The summed E-state index contributed by atoms with van der Waals surface area (Å²) < 4.78 is 100. The van der Waals surface area contributed by atoms with E-state index in [4.69, 9.17) is 28.5 Å². The van der Waals surface area contributed by atoms with Gasteiger partial charge in [0.2, 0.25) is 0 Å². The molecule has 0 spiro atoms. The van der Waals surface area contributed by atoms with Crippen molar-refractivity contribution in [1.29, 1.82) is 0 Å². The zero-order valence-electron chi connectivity index (χ0n) is 27.8. The van der Waals surface area contributed by atoms with Crippen molar-refractivity contribution in [1.82, 2.24) is 39.0 Å². The van der Waals surface area contributed by atoms with Gasteiger partial charge in [-0.15, -0.1) is 0 Å². The number of fused-ring (bicyclic) bond motifs is 2. The molecule has 6 heterocycles. The normalized spacial score (nSPS) is 30.8. The Labute approximate surface area is 316 Å². The maximum absolute atomic E-state index is 12.5. The molecule has 2 saturated heterocycles. The molecule has 12 unspecified atom stereocenters. The van der Waals surface area contributed by atoms with Crippen molar-refractivity contribution in [3.63, 3.8) is 0 Å². The van der Waals surface area contributed by atoms with Gasteiger partial charge in [0.25, 0.3) is 0 Å². The van der Waals surface area contributed by atoms with Crippen LogP contribution in [0.4, 0.5) is 11.6 Å². The molecule has 4 aromatic heterocycles. The van der Waals surface area contributed by atoms with E-state index in [2.05, 4.69) is 56.2 Å². The summed E-state index contributed by atoms with van der Waals surface area (Å²) in [6.45, 7) is -2.27. The number of hydrogen-bond acceptors (Lipinski definition) is 25. The average molecular weight is 910 g/mol. The van der Waals surface area contributed by atoms with Gasteiger partial charge in [0.05, 0.1) is 33.3 Å². The van der Waals surface area contributed by atoms with Gasteiger partial charge in [-0.1, -0.05) is 0 Å². The lowest BCUT2D eigenvalue weighted by atomic mass is 10.1. The Hall–Kier alpha value is -2.73. The highest BCUT2D eigenvalue weighted by Gasteiger charge is 2.48. The third-order valence-corrected chi connectivity index (χ3v) is 15.4. The number of aromatic nitrogens is 8. The zero-order valence-corrected chi connectivity index (χ0v) is 32.2. The van der Waals surface area contributed by atoms with E-state index in [1.807, 2.05) is 0 Å². The second-order valence-corrected chi connectivity index (χ2v) is 19.5. The summed E-state index contributed by atoms with van der Waals surface area (Å²) >= 11 is 0.